The van der Waals surface area contributed by atoms with Crippen molar-refractivity contribution in [3.8, 4) is 0 Å². The van der Waals surface area contributed by atoms with Crippen molar-refractivity contribution < 1.29 is 110 Å². The summed E-state index contributed by atoms with van der Waals surface area (Å²) in [7, 11) is 0. The van der Waals surface area contributed by atoms with E-state index in [1.54, 1.807) is 0 Å². The minimum absolute atomic E-state index is 1.52. The molecule has 0 radical (unpaired) electrons. The first-order valence-corrected chi connectivity index (χ1v) is 11.9. The number of esters is 1. The van der Waals surface area contributed by atoms with Crippen molar-refractivity contribution in [1.29, 1.82) is 0 Å². The highest BCUT2D eigenvalue weighted by Gasteiger charge is 2.88. The van der Waals surface area contributed by atoms with E-state index in [9.17, 15) is 95.5 Å². The molecule has 1 heterocycles. The van der Waals surface area contributed by atoms with Gasteiger partial charge in [-0.25, -0.2) is 57.5 Å². The fraction of sp³-hybridized carbons (Fsp3) is 0.950. The number of aliphatic hydroxyl groups excluding tert-OH is 5. The van der Waals surface area contributed by atoms with Gasteiger partial charge in [0.15, 0.2) is 0 Å². The lowest BCUT2D eigenvalue weighted by Gasteiger charge is -2.59. The Morgan fingerprint density at radius 2 is 1.17 bits per heavy atom. The highest BCUT2D eigenvalue weighted by Crippen LogP contribution is 2.66. The molecule has 0 aromatic heterocycles. The molecule has 0 bridgehead atoms. The molecule has 0 aliphatic carbocycles. The normalized spacial score (nSPS) is 26.4. The molecule has 1 saturated heterocycles. The van der Waals surface area contributed by atoms with Crippen LogP contribution in [0.5, 0.6) is 0 Å². The molecule has 26 heteroatoms. The number of hydrogen-bond donors (Lipinski definition) is 6. The molecular weight excluding hydrogens is 700 g/mol. The van der Waals surface area contributed by atoms with Crippen LogP contribution in [-0.4, -0.2) is 143 Å². The molecule has 46 heavy (non-hydrogen) atoms. The van der Waals surface area contributed by atoms with E-state index in [0.717, 1.165) is 0 Å². The zero-order valence-corrected chi connectivity index (χ0v) is 21.9. The van der Waals surface area contributed by atoms with E-state index >= 15 is 0 Å². The molecule has 0 saturated carbocycles. The molecule has 274 valence electrons. The Morgan fingerprint density at radius 3 is 1.48 bits per heavy atom. The number of hydrogen-bond acceptors (Lipinski definition) is 10. The number of halogens is 16. The van der Waals surface area contributed by atoms with Gasteiger partial charge in [0.05, 0.1) is 12.6 Å². The smallest absolute Gasteiger partial charge is 0.336 e. The molecule has 7 N–H and O–H groups in total. The van der Waals surface area contributed by atoms with Crippen molar-refractivity contribution in [2.75, 3.05) is 6.61 Å². The lowest BCUT2D eigenvalue weighted by atomic mass is 9.50. The predicted octanol–water partition coefficient (Wildman–Crippen LogP) is 1.07. The van der Waals surface area contributed by atoms with Crippen LogP contribution in [0.15, 0.2) is 0 Å². The van der Waals surface area contributed by atoms with Crippen LogP contribution in [0.3, 0.4) is 0 Å². The van der Waals surface area contributed by atoms with Crippen molar-refractivity contribution in [1.82, 2.24) is 4.90 Å². The van der Waals surface area contributed by atoms with Crippen LogP contribution in [-0.2, 0) is 14.3 Å². The predicted molar refractivity (Wildman–Crippen MR) is 111 cm³/mol. The first-order valence-electron chi connectivity index (χ1n) is 11.9. The van der Waals surface area contributed by atoms with Gasteiger partial charge >= 0.3 is 5.97 Å². The molecule has 1 fully saturated rings. The third-order valence-corrected chi connectivity index (χ3v) is 7.43. The highest BCUT2D eigenvalue weighted by atomic mass is 19.3. The van der Waals surface area contributed by atoms with E-state index in [0.29, 0.717) is 0 Å². The lowest BCUT2D eigenvalue weighted by Crippen LogP contribution is -2.84. The average molecular weight is 724 g/mol. The number of alkyl halides is 16. The van der Waals surface area contributed by atoms with Gasteiger partial charge in [-0.3, -0.25) is 0 Å². The zero-order valence-electron chi connectivity index (χ0n) is 21.9. The zero-order chi connectivity index (χ0) is 36.4. The summed E-state index contributed by atoms with van der Waals surface area (Å²) in [6, 6.07) is -4.93. The number of ether oxygens (including phenoxy) is 2. The number of nitrogens with zero attached hydrogens (tertiary/aromatic N) is 1. The lowest BCUT2D eigenvalue weighted by molar-refractivity contribution is -0.370. The van der Waals surface area contributed by atoms with Crippen LogP contribution in [0.2, 0.25) is 0 Å². The molecule has 0 spiro atoms. The SMILES string of the molecule is NC(C(F)F)C(C(F)F)(C(F)F)C(C(F)F)(C(F)F)[C@](C(=O)OC1OC(C(O)CO)C(O)C(O)C1O)(C(F)F)N(C(F)F)C(F)F. The third kappa shape index (κ3) is 6.29. The van der Waals surface area contributed by atoms with Gasteiger partial charge in [-0.1, -0.05) is 0 Å². The first-order chi connectivity index (χ1) is 20.9. The highest BCUT2D eigenvalue weighted by molar-refractivity contribution is 5.84. The quantitative estimate of drug-likeness (QED) is 0.0771. The van der Waals surface area contributed by atoms with Gasteiger partial charge in [0, 0.05) is 0 Å². The molecule has 10 nitrogen and oxygen atoms in total. The molecule has 1 aliphatic heterocycles. The Labute approximate surface area is 245 Å². The molecule has 1 rings (SSSR count). The second kappa shape index (κ2) is 15.5. The Kier molecular flexibility index (Phi) is 14.2. The van der Waals surface area contributed by atoms with Gasteiger partial charge in [0.2, 0.25) is 11.8 Å². The summed E-state index contributed by atoms with van der Waals surface area (Å²) in [5.41, 5.74) is -16.4. The van der Waals surface area contributed by atoms with Crippen molar-refractivity contribution in [2.24, 2.45) is 16.6 Å². The van der Waals surface area contributed by atoms with Crippen molar-refractivity contribution in [3.63, 3.8) is 0 Å². The summed E-state index contributed by atoms with van der Waals surface area (Å²) in [6.45, 7) is -12.9. The van der Waals surface area contributed by atoms with Crippen LogP contribution >= 0.6 is 0 Å². The number of carbonyl (C=O) groups excluding carboxylic acids is 1. The van der Waals surface area contributed by atoms with Gasteiger partial charge < -0.3 is 40.7 Å². The molecule has 0 aromatic rings. The number of aliphatic hydroxyl groups is 5. The maximum absolute atomic E-state index is 14.9. The van der Waals surface area contributed by atoms with Crippen LogP contribution in [0, 0.1) is 10.8 Å². The van der Waals surface area contributed by atoms with Crippen molar-refractivity contribution in [2.45, 2.75) is 100 Å². The van der Waals surface area contributed by atoms with Gasteiger partial charge in [-0.05, 0) is 0 Å². The maximum Gasteiger partial charge on any atom is 0.336 e. The number of nitrogens with two attached hydrogens (primary N) is 1. The maximum atomic E-state index is 14.9. The Balaban J connectivity index is 4.54. The van der Waals surface area contributed by atoms with Gasteiger partial charge in [0.25, 0.3) is 51.7 Å². The van der Waals surface area contributed by atoms with Crippen molar-refractivity contribution >= 4 is 5.97 Å². The van der Waals surface area contributed by atoms with Crippen LogP contribution in [0.25, 0.3) is 0 Å². The number of rotatable bonds is 16. The molecule has 7 unspecified atom stereocenters. The summed E-state index contributed by atoms with van der Waals surface area (Å²) in [5.74, 6) is -4.21. The van der Waals surface area contributed by atoms with E-state index in [-0.39, 0.29) is 0 Å². The second-order valence-corrected chi connectivity index (χ2v) is 9.49. The van der Waals surface area contributed by atoms with Gasteiger partial charge in [0.1, 0.15) is 41.3 Å². The van der Waals surface area contributed by atoms with Crippen LogP contribution in [0.4, 0.5) is 70.2 Å². The summed E-state index contributed by atoms with van der Waals surface area (Å²) in [4.78, 5) is 10.2. The van der Waals surface area contributed by atoms with E-state index < -0.39 is 128 Å². The Hall–Kier alpha value is -1.97. The largest absolute Gasteiger partial charge is 0.431 e. The van der Waals surface area contributed by atoms with E-state index in [4.69, 9.17) is 5.11 Å². The van der Waals surface area contributed by atoms with Crippen molar-refractivity contribution in [3.05, 3.63) is 0 Å². The van der Waals surface area contributed by atoms with Gasteiger partial charge in [-0.2, -0.15) is 22.5 Å². The third-order valence-electron chi connectivity index (χ3n) is 7.43. The molecular formula is C20H24F16N2O8. The standard InChI is InChI=1S/C20H24F16N2O8/c21-8(22)7(37)18(10(23)24,11(25)26)19(12(27)28,13(29)30)20(14(31)32,38(16(33)34)17(35)36)15(44)46-9-5(43)3(41)4(42)6(45-9)2(40)1-39/h2-14,16-17,39-43H,1,37H2/t2?,3?,4?,5?,6?,7?,9?,20-/m1/s1. The minimum atomic E-state index is -7.21. The summed E-state index contributed by atoms with van der Waals surface area (Å²) >= 11 is 0. The molecule has 8 atom stereocenters. The number of carbonyl (C=O) groups is 1. The van der Waals surface area contributed by atoms with Crippen LogP contribution < -0.4 is 5.73 Å². The topological polar surface area (TPSA) is 166 Å². The minimum Gasteiger partial charge on any atom is -0.431 e. The molecule has 1 aliphatic rings. The second-order valence-electron chi connectivity index (χ2n) is 9.49. The molecule has 0 aromatic carbocycles. The summed E-state index contributed by atoms with van der Waals surface area (Å²) in [6.07, 6.45) is -53.3. The van der Waals surface area contributed by atoms with E-state index in [2.05, 4.69) is 15.2 Å². The van der Waals surface area contributed by atoms with Gasteiger partial charge in [-0.15, -0.1) is 0 Å². The fourth-order valence-corrected chi connectivity index (χ4v) is 5.22. The van der Waals surface area contributed by atoms with E-state index in [1.807, 2.05) is 0 Å². The Bertz CT molecular complexity index is 964. The van der Waals surface area contributed by atoms with Crippen LogP contribution in [0.1, 0.15) is 0 Å². The monoisotopic (exact) mass is 724 g/mol. The average Bonchev–Trinajstić information content (AvgIpc) is 2.92. The van der Waals surface area contributed by atoms with E-state index in [1.165, 1.54) is 0 Å². The first kappa shape index (κ1) is 42.1. The molecule has 0 amide bonds. The fourth-order valence-electron chi connectivity index (χ4n) is 5.22. The Morgan fingerprint density at radius 1 is 0.739 bits per heavy atom. The summed E-state index contributed by atoms with van der Waals surface area (Å²) < 4.78 is 238. The summed E-state index contributed by atoms with van der Waals surface area (Å²) in [5, 5.41) is 48.4.